The lowest BCUT2D eigenvalue weighted by molar-refractivity contribution is 0.0376. The molecule has 21 heavy (non-hydrogen) atoms. The number of pyridine rings is 1. The van der Waals surface area contributed by atoms with E-state index in [0.29, 0.717) is 6.61 Å². The first-order chi connectivity index (χ1) is 9.86. The topological polar surface area (TPSA) is 62.7 Å². The van der Waals surface area contributed by atoms with Gasteiger partial charge in [-0.2, -0.15) is 0 Å². The van der Waals surface area contributed by atoms with Gasteiger partial charge in [-0.3, -0.25) is 0 Å². The Hall–Kier alpha value is -0.700. The van der Waals surface area contributed by atoms with Gasteiger partial charge in [-0.05, 0) is 19.1 Å². The number of rotatable bonds is 4. The lowest BCUT2D eigenvalue weighted by atomic mass is 10.2. The van der Waals surface area contributed by atoms with Gasteiger partial charge < -0.3 is 9.64 Å². The molecule has 0 N–H and O–H groups in total. The molecule has 6 nitrogen and oxygen atoms in total. The number of alkyl halides is 1. The van der Waals surface area contributed by atoms with Crippen molar-refractivity contribution in [3.8, 4) is 0 Å². The van der Waals surface area contributed by atoms with Gasteiger partial charge in [0.1, 0.15) is 10.7 Å². The van der Waals surface area contributed by atoms with Gasteiger partial charge in [-0.25, -0.2) is 17.7 Å². The molecule has 1 aliphatic rings. The van der Waals surface area contributed by atoms with Crippen LogP contribution in [0.2, 0.25) is 0 Å². The summed E-state index contributed by atoms with van der Waals surface area (Å²) in [5, 5.41) is 0.767. The van der Waals surface area contributed by atoms with Crippen LogP contribution in [-0.2, 0) is 14.8 Å². The Morgan fingerprint density at radius 1 is 1.48 bits per heavy atom. The van der Waals surface area contributed by atoms with Crippen molar-refractivity contribution in [2.24, 2.45) is 0 Å². The number of morpholine rings is 1. The van der Waals surface area contributed by atoms with Crippen molar-refractivity contribution in [3.05, 3.63) is 18.3 Å². The minimum atomic E-state index is -3.43. The molecule has 1 aromatic heterocycles. The van der Waals surface area contributed by atoms with E-state index in [4.69, 9.17) is 4.74 Å². The molecule has 2 rings (SSSR count). The molecule has 1 fully saturated rings. The van der Waals surface area contributed by atoms with Gasteiger partial charge >= 0.3 is 0 Å². The van der Waals surface area contributed by atoms with Gasteiger partial charge in [0.15, 0.2) is 0 Å². The maximum Gasteiger partial charge on any atom is 0.244 e. The van der Waals surface area contributed by atoms with Gasteiger partial charge in [0, 0.05) is 32.2 Å². The molecule has 0 amide bonds. The van der Waals surface area contributed by atoms with Crippen molar-refractivity contribution in [2.75, 3.05) is 37.5 Å². The van der Waals surface area contributed by atoms with Crippen molar-refractivity contribution < 1.29 is 13.2 Å². The fraction of sp³-hybridized carbons (Fsp3) is 0.615. The molecule has 1 aromatic rings. The first-order valence-electron chi connectivity index (χ1n) is 6.69. The molecule has 0 radical (unpaired) electrons. The number of hydrogen-bond donors (Lipinski definition) is 0. The maximum absolute atomic E-state index is 12.0. The molecule has 0 saturated carbocycles. The van der Waals surface area contributed by atoms with Crippen molar-refractivity contribution in [1.82, 2.24) is 9.29 Å². The Balaban J connectivity index is 2.22. The highest BCUT2D eigenvalue weighted by Gasteiger charge is 2.27. The summed E-state index contributed by atoms with van der Waals surface area (Å²) in [6, 6.07) is 3.57. The summed E-state index contributed by atoms with van der Waals surface area (Å²) in [5.74, 6) is 0.773. The normalized spacial score (nSPS) is 23.6. The van der Waals surface area contributed by atoms with Crippen molar-refractivity contribution in [2.45, 2.75) is 24.0 Å². The first kappa shape index (κ1) is 16.7. The molecule has 118 valence electrons. The minimum Gasteiger partial charge on any atom is -0.373 e. The average Bonchev–Trinajstić information content (AvgIpc) is 2.48. The van der Waals surface area contributed by atoms with Crippen molar-refractivity contribution >= 4 is 31.8 Å². The van der Waals surface area contributed by atoms with E-state index >= 15 is 0 Å². The van der Waals surface area contributed by atoms with Crippen LogP contribution in [0, 0.1) is 0 Å². The van der Waals surface area contributed by atoms with Crippen LogP contribution < -0.4 is 4.90 Å². The maximum atomic E-state index is 12.0. The molecular weight excluding hydrogens is 358 g/mol. The fourth-order valence-corrected chi connectivity index (χ4v) is 3.38. The zero-order chi connectivity index (χ0) is 15.6. The fourth-order valence-electron chi connectivity index (χ4n) is 2.14. The zero-order valence-electron chi connectivity index (χ0n) is 12.4. The van der Waals surface area contributed by atoms with Gasteiger partial charge in [-0.15, -0.1) is 0 Å². The Bertz CT molecular complexity index is 577. The quantitative estimate of drug-likeness (QED) is 0.740. The highest BCUT2D eigenvalue weighted by Crippen LogP contribution is 2.22. The van der Waals surface area contributed by atoms with Gasteiger partial charge in [0.25, 0.3) is 0 Å². The number of aromatic nitrogens is 1. The largest absolute Gasteiger partial charge is 0.373 e. The number of hydrogen-bond acceptors (Lipinski definition) is 5. The summed E-state index contributed by atoms with van der Waals surface area (Å²) in [6.07, 6.45) is 1.53. The molecule has 2 atom stereocenters. The lowest BCUT2D eigenvalue weighted by Crippen LogP contribution is -2.49. The van der Waals surface area contributed by atoms with Crippen LogP contribution in [0.1, 0.15) is 6.92 Å². The van der Waals surface area contributed by atoms with E-state index in [-0.39, 0.29) is 17.0 Å². The highest BCUT2D eigenvalue weighted by atomic mass is 79.9. The van der Waals surface area contributed by atoms with Crippen LogP contribution >= 0.6 is 15.9 Å². The number of ether oxygens (including phenoxy) is 1. The van der Waals surface area contributed by atoms with Crippen molar-refractivity contribution in [3.63, 3.8) is 0 Å². The van der Waals surface area contributed by atoms with Crippen LogP contribution in [0.5, 0.6) is 0 Å². The van der Waals surface area contributed by atoms with E-state index in [1.807, 2.05) is 0 Å². The van der Waals surface area contributed by atoms with Crippen LogP contribution in [-0.4, -0.2) is 62.4 Å². The van der Waals surface area contributed by atoms with Crippen LogP contribution in [0.15, 0.2) is 23.2 Å². The molecule has 2 unspecified atom stereocenters. The van der Waals surface area contributed by atoms with Crippen LogP contribution in [0.3, 0.4) is 0 Å². The lowest BCUT2D eigenvalue weighted by Gasteiger charge is -2.38. The third kappa shape index (κ3) is 3.56. The minimum absolute atomic E-state index is 0.119. The molecule has 0 aromatic carbocycles. The van der Waals surface area contributed by atoms with Crippen LogP contribution in [0.25, 0.3) is 0 Å². The van der Waals surface area contributed by atoms with E-state index in [0.717, 1.165) is 17.7 Å². The van der Waals surface area contributed by atoms with E-state index < -0.39 is 10.0 Å². The second-order valence-electron chi connectivity index (χ2n) is 5.25. The summed E-state index contributed by atoms with van der Waals surface area (Å²) in [6.45, 7) is 3.44. The Morgan fingerprint density at radius 3 is 2.71 bits per heavy atom. The number of sulfonamides is 1. The number of anilines is 1. The third-order valence-electron chi connectivity index (χ3n) is 3.47. The molecule has 1 saturated heterocycles. The van der Waals surface area contributed by atoms with E-state index in [2.05, 4.69) is 32.7 Å². The SMILES string of the molecule is CC1COC(CBr)CN1c1ccc(S(=O)(=O)N(C)C)cn1. The summed E-state index contributed by atoms with van der Waals surface area (Å²) in [5.41, 5.74) is 0. The third-order valence-corrected chi connectivity index (χ3v) is 5.99. The summed E-state index contributed by atoms with van der Waals surface area (Å²) in [7, 11) is -0.418. The van der Waals surface area contributed by atoms with E-state index in [1.54, 1.807) is 12.1 Å². The number of nitrogens with zero attached hydrogens (tertiary/aromatic N) is 3. The monoisotopic (exact) mass is 377 g/mol. The molecule has 8 heteroatoms. The molecule has 0 spiro atoms. The second-order valence-corrected chi connectivity index (χ2v) is 8.05. The standard InChI is InChI=1S/C13H20BrN3O3S/c1-10-9-20-11(6-14)8-17(10)13-5-4-12(7-15-13)21(18,19)16(2)3/h4-5,7,10-11H,6,8-9H2,1-3H3. The molecular formula is C13H20BrN3O3S. The molecule has 1 aliphatic heterocycles. The van der Waals surface area contributed by atoms with Gasteiger partial charge in [0.2, 0.25) is 10.0 Å². The van der Waals surface area contributed by atoms with Crippen molar-refractivity contribution in [1.29, 1.82) is 0 Å². The Morgan fingerprint density at radius 2 is 2.19 bits per heavy atom. The Labute approximate surface area is 134 Å². The molecule has 0 bridgehead atoms. The average molecular weight is 378 g/mol. The predicted octanol–water partition coefficient (Wildman–Crippen LogP) is 1.32. The molecule has 0 aliphatic carbocycles. The summed E-state index contributed by atoms with van der Waals surface area (Å²) in [4.78, 5) is 6.66. The first-order valence-corrected chi connectivity index (χ1v) is 9.25. The Kier molecular flexibility index (Phi) is 5.24. The smallest absolute Gasteiger partial charge is 0.244 e. The van der Waals surface area contributed by atoms with E-state index in [9.17, 15) is 8.42 Å². The summed E-state index contributed by atoms with van der Waals surface area (Å²) < 4.78 is 30.9. The molecule has 2 heterocycles. The number of halogens is 1. The zero-order valence-corrected chi connectivity index (χ0v) is 14.8. The van der Waals surface area contributed by atoms with E-state index in [1.165, 1.54) is 24.6 Å². The highest BCUT2D eigenvalue weighted by molar-refractivity contribution is 9.09. The second kappa shape index (κ2) is 6.60. The summed E-state index contributed by atoms with van der Waals surface area (Å²) >= 11 is 3.43. The predicted molar refractivity (Wildman–Crippen MR) is 85.5 cm³/mol. The van der Waals surface area contributed by atoms with Gasteiger partial charge in [-0.1, -0.05) is 15.9 Å². The van der Waals surface area contributed by atoms with Gasteiger partial charge in [0.05, 0.1) is 18.8 Å². The van der Waals surface area contributed by atoms with Crippen LogP contribution in [0.4, 0.5) is 5.82 Å².